The van der Waals surface area contributed by atoms with Crippen LogP contribution < -0.4 is 18.1 Å². The number of carbonyl (C=O) groups is 1. The van der Waals surface area contributed by atoms with Crippen molar-refractivity contribution in [3.8, 4) is 0 Å². The monoisotopic (exact) mass is 286 g/mol. The van der Waals surface area contributed by atoms with Crippen molar-refractivity contribution in [2.24, 2.45) is 5.73 Å². The van der Waals surface area contributed by atoms with Gasteiger partial charge in [-0.2, -0.15) is 0 Å². The van der Waals surface area contributed by atoms with Crippen molar-refractivity contribution >= 4 is 5.91 Å². The van der Waals surface area contributed by atoms with Crippen LogP contribution in [0, 0.1) is 0 Å². The van der Waals surface area contributed by atoms with E-state index in [2.05, 4.69) is 38.5 Å². The summed E-state index contributed by atoms with van der Waals surface area (Å²) in [5.41, 5.74) is 5.86. The van der Waals surface area contributed by atoms with Crippen LogP contribution in [0.3, 0.4) is 0 Å². The third-order valence-corrected chi connectivity index (χ3v) is 2.36. The van der Waals surface area contributed by atoms with Gasteiger partial charge in [-0.1, -0.05) is 36.9 Å². The van der Waals surface area contributed by atoms with Gasteiger partial charge in [0, 0.05) is 5.56 Å². The van der Waals surface area contributed by atoms with Crippen LogP contribution in [-0.2, 0) is 11.3 Å². The second-order valence-electron chi connectivity index (χ2n) is 4.63. The molecule has 0 bridgehead atoms. The highest BCUT2D eigenvalue weighted by molar-refractivity contribution is 5.84. The van der Waals surface area contributed by atoms with Gasteiger partial charge >= 0.3 is 0 Å². The number of aliphatic hydroxyl groups is 1. The summed E-state index contributed by atoms with van der Waals surface area (Å²) < 4.78 is 0.834. The summed E-state index contributed by atoms with van der Waals surface area (Å²) in [4.78, 5) is 9.47. The average molecular weight is 287 g/mol. The van der Waals surface area contributed by atoms with Crippen LogP contribution in [0.2, 0.25) is 0 Å². The van der Waals surface area contributed by atoms with E-state index in [4.69, 9.17) is 5.11 Å². The number of rotatable bonds is 5. The van der Waals surface area contributed by atoms with E-state index in [9.17, 15) is 4.79 Å². The molecule has 0 unspecified atom stereocenters. The SMILES string of the molecule is C=CC(N)=O.C[N+](C)(CCO)Cc1ccccc1.[Cl-]. The topological polar surface area (TPSA) is 63.3 Å². The summed E-state index contributed by atoms with van der Waals surface area (Å²) in [6, 6.07) is 10.4. The summed E-state index contributed by atoms with van der Waals surface area (Å²) >= 11 is 0. The lowest BCUT2D eigenvalue weighted by molar-refractivity contribution is -0.903. The smallest absolute Gasteiger partial charge is 0.240 e. The average Bonchev–Trinajstić information content (AvgIpc) is 2.30. The number of halogens is 1. The summed E-state index contributed by atoms with van der Waals surface area (Å²) in [6.07, 6.45) is 1.06. The maximum atomic E-state index is 9.47. The molecule has 0 aliphatic carbocycles. The minimum Gasteiger partial charge on any atom is -1.00 e. The van der Waals surface area contributed by atoms with Crippen LogP contribution in [0.1, 0.15) is 5.56 Å². The fourth-order valence-corrected chi connectivity index (χ4v) is 1.43. The van der Waals surface area contributed by atoms with Crippen molar-refractivity contribution in [1.29, 1.82) is 0 Å². The molecule has 0 heterocycles. The van der Waals surface area contributed by atoms with Gasteiger partial charge in [-0.05, 0) is 6.08 Å². The molecule has 0 aliphatic rings. The zero-order valence-corrected chi connectivity index (χ0v) is 12.3. The molecule has 1 aromatic carbocycles. The number of aliphatic hydroxyl groups excluding tert-OH is 1. The Labute approximate surface area is 121 Å². The quantitative estimate of drug-likeness (QED) is 0.482. The van der Waals surface area contributed by atoms with Gasteiger partial charge in [-0.25, -0.2) is 0 Å². The molecule has 0 aromatic heterocycles. The molecule has 0 fully saturated rings. The molecule has 0 atom stereocenters. The molecule has 1 aromatic rings. The number of nitrogens with two attached hydrogens (primary N) is 1. The Bertz CT molecular complexity index is 367. The zero-order chi connectivity index (χ0) is 14.0. The highest BCUT2D eigenvalue weighted by atomic mass is 35.5. The van der Waals surface area contributed by atoms with Gasteiger partial charge in [0.2, 0.25) is 5.91 Å². The Morgan fingerprint density at radius 2 is 1.84 bits per heavy atom. The number of nitrogens with zero attached hydrogens (tertiary/aromatic N) is 1. The first-order chi connectivity index (χ1) is 8.41. The first-order valence-electron chi connectivity index (χ1n) is 5.80. The summed E-state index contributed by atoms with van der Waals surface area (Å²) in [7, 11) is 4.26. The molecular weight excluding hydrogens is 264 g/mol. The van der Waals surface area contributed by atoms with Crippen LogP contribution in [0.5, 0.6) is 0 Å². The van der Waals surface area contributed by atoms with Crippen LogP contribution in [0.25, 0.3) is 0 Å². The van der Waals surface area contributed by atoms with Gasteiger partial charge < -0.3 is 27.7 Å². The highest BCUT2D eigenvalue weighted by Gasteiger charge is 2.13. The van der Waals surface area contributed by atoms with E-state index < -0.39 is 5.91 Å². The molecule has 0 saturated carbocycles. The van der Waals surface area contributed by atoms with Gasteiger partial charge in [-0.3, -0.25) is 4.79 Å². The van der Waals surface area contributed by atoms with Gasteiger partial charge in [0.15, 0.2) is 0 Å². The molecule has 0 saturated heterocycles. The van der Waals surface area contributed by atoms with Gasteiger partial charge in [0.1, 0.15) is 13.1 Å². The number of amides is 1. The number of likely N-dealkylation sites (N-methyl/N-ethyl adjacent to an activating group) is 1. The maximum absolute atomic E-state index is 9.47. The summed E-state index contributed by atoms with van der Waals surface area (Å²) in [5, 5.41) is 8.86. The third-order valence-electron chi connectivity index (χ3n) is 2.36. The van der Waals surface area contributed by atoms with E-state index in [1.165, 1.54) is 5.56 Å². The number of benzene rings is 1. The lowest BCUT2D eigenvalue weighted by Gasteiger charge is -2.28. The molecule has 19 heavy (non-hydrogen) atoms. The largest absolute Gasteiger partial charge is 1.00 e. The Morgan fingerprint density at radius 3 is 2.21 bits per heavy atom. The molecule has 3 N–H and O–H groups in total. The predicted octanol–water partition coefficient (Wildman–Crippen LogP) is -2.08. The minimum absolute atomic E-state index is 0. The molecule has 1 amide bonds. The summed E-state index contributed by atoms with van der Waals surface area (Å²) in [5.74, 6) is -0.481. The van der Waals surface area contributed by atoms with Crippen molar-refractivity contribution in [2.75, 3.05) is 27.2 Å². The van der Waals surface area contributed by atoms with E-state index in [0.717, 1.165) is 23.6 Å². The van der Waals surface area contributed by atoms with E-state index in [1.54, 1.807) is 0 Å². The Hall–Kier alpha value is -1.36. The van der Waals surface area contributed by atoms with E-state index in [-0.39, 0.29) is 19.0 Å². The Balaban J connectivity index is 0. The van der Waals surface area contributed by atoms with Crippen LogP contribution in [0.15, 0.2) is 43.0 Å². The minimum atomic E-state index is -0.481. The number of primary amides is 1. The standard InChI is InChI=1S/C11H18NO.C3H5NO.ClH/c1-12(2,8-9-13)10-11-6-4-3-5-7-11;1-2-3(4)5;/h3-7,13H,8-10H2,1-2H3;2H,1H2,(H2,4,5);1H/q+1;;/p-1. The third kappa shape index (κ3) is 11.5. The Kier molecular flexibility index (Phi) is 11.1. The molecule has 4 nitrogen and oxygen atoms in total. The number of hydrogen-bond donors (Lipinski definition) is 2. The van der Waals surface area contributed by atoms with Crippen molar-refractivity contribution in [3.05, 3.63) is 48.6 Å². The van der Waals surface area contributed by atoms with E-state index in [0.29, 0.717) is 0 Å². The van der Waals surface area contributed by atoms with E-state index >= 15 is 0 Å². The van der Waals surface area contributed by atoms with Gasteiger partial charge in [-0.15, -0.1) is 0 Å². The van der Waals surface area contributed by atoms with Crippen LogP contribution in [-0.4, -0.2) is 42.7 Å². The number of carbonyl (C=O) groups excluding carboxylic acids is 1. The lowest BCUT2D eigenvalue weighted by atomic mass is 10.2. The highest BCUT2D eigenvalue weighted by Crippen LogP contribution is 2.07. The maximum Gasteiger partial charge on any atom is 0.240 e. The fraction of sp³-hybridized carbons (Fsp3) is 0.357. The molecular formula is C14H23ClN2O2. The Morgan fingerprint density at radius 1 is 1.37 bits per heavy atom. The predicted molar refractivity (Wildman–Crippen MR) is 73.6 cm³/mol. The van der Waals surface area contributed by atoms with Crippen molar-refractivity contribution in [2.45, 2.75) is 6.54 Å². The normalized spacial score (nSPS) is 9.63. The molecule has 0 radical (unpaired) electrons. The second kappa shape index (κ2) is 10.6. The molecule has 5 heteroatoms. The first kappa shape index (κ1) is 20.0. The first-order valence-corrected chi connectivity index (χ1v) is 5.80. The fourth-order valence-electron chi connectivity index (χ4n) is 1.43. The van der Waals surface area contributed by atoms with Crippen molar-refractivity contribution in [3.63, 3.8) is 0 Å². The second-order valence-corrected chi connectivity index (χ2v) is 4.63. The lowest BCUT2D eigenvalue weighted by Crippen LogP contribution is -3.00. The molecule has 1 rings (SSSR count). The molecule has 0 aliphatic heterocycles. The van der Waals surface area contributed by atoms with Gasteiger partial charge in [0.05, 0.1) is 20.7 Å². The summed E-state index contributed by atoms with van der Waals surface area (Å²) in [6.45, 7) is 5.11. The van der Waals surface area contributed by atoms with Crippen molar-refractivity contribution < 1.29 is 26.8 Å². The van der Waals surface area contributed by atoms with Crippen LogP contribution >= 0.6 is 0 Å². The van der Waals surface area contributed by atoms with Gasteiger partial charge in [0.25, 0.3) is 0 Å². The van der Waals surface area contributed by atoms with Crippen molar-refractivity contribution in [1.82, 2.24) is 0 Å². The van der Waals surface area contributed by atoms with Crippen LogP contribution in [0.4, 0.5) is 0 Å². The molecule has 0 spiro atoms. The number of hydrogen-bond acceptors (Lipinski definition) is 2. The van der Waals surface area contributed by atoms with E-state index in [1.807, 2.05) is 18.2 Å². The zero-order valence-electron chi connectivity index (χ0n) is 11.6. The number of quaternary nitrogens is 1. The molecule has 108 valence electrons.